The monoisotopic (exact) mass is 318 g/mol. The van der Waals surface area contributed by atoms with Crippen molar-refractivity contribution in [1.29, 1.82) is 0 Å². The van der Waals surface area contributed by atoms with E-state index in [0.717, 1.165) is 36.0 Å². The molecule has 0 aromatic heterocycles. The van der Waals surface area contributed by atoms with E-state index in [4.69, 9.17) is 0 Å². The molecule has 0 saturated heterocycles. The second-order valence-electron chi connectivity index (χ2n) is 10.5. The molecule has 23 heavy (non-hydrogen) atoms. The zero-order chi connectivity index (χ0) is 16.4. The van der Waals surface area contributed by atoms with E-state index in [0.29, 0.717) is 16.7 Å². The highest BCUT2D eigenvalue weighted by molar-refractivity contribution is 5.11. The fourth-order valence-electron chi connectivity index (χ4n) is 8.55. The molecular formula is C22H38O. The van der Waals surface area contributed by atoms with E-state index >= 15 is 0 Å². The van der Waals surface area contributed by atoms with Crippen molar-refractivity contribution in [2.45, 2.75) is 91.6 Å². The Hall–Kier alpha value is -0.0400. The van der Waals surface area contributed by atoms with Gasteiger partial charge in [-0.2, -0.15) is 0 Å². The van der Waals surface area contributed by atoms with Gasteiger partial charge in [-0.25, -0.2) is 0 Å². The van der Waals surface area contributed by atoms with Gasteiger partial charge in [-0.05, 0) is 91.3 Å². The maximum atomic E-state index is 11.3. The summed E-state index contributed by atoms with van der Waals surface area (Å²) in [5.74, 6) is 4.81. The molecule has 4 aliphatic carbocycles. The Morgan fingerprint density at radius 3 is 2.43 bits per heavy atom. The molecule has 0 bridgehead atoms. The number of aliphatic hydroxyl groups excluding tert-OH is 1. The van der Waals surface area contributed by atoms with Crippen molar-refractivity contribution in [3.63, 3.8) is 0 Å². The third-order valence-corrected chi connectivity index (χ3v) is 9.39. The van der Waals surface area contributed by atoms with E-state index in [9.17, 15) is 5.11 Å². The Kier molecular flexibility index (Phi) is 3.91. The molecule has 0 amide bonds. The summed E-state index contributed by atoms with van der Waals surface area (Å²) < 4.78 is 0. The Bertz CT molecular complexity index is 457. The Labute approximate surface area is 143 Å². The van der Waals surface area contributed by atoms with Crippen molar-refractivity contribution in [1.82, 2.24) is 0 Å². The Morgan fingerprint density at radius 1 is 0.913 bits per heavy atom. The molecule has 0 aliphatic heterocycles. The van der Waals surface area contributed by atoms with Crippen LogP contribution < -0.4 is 0 Å². The molecule has 4 saturated carbocycles. The van der Waals surface area contributed by atoms with Gasteiger partial charge in [-0.15, -0.1) is 0 Å². The first kappa shape index (κ1) is 16.4. The molecule has 1 unspecified atom stereocenters. The Balaban J connectivity index is 1.67. The molecule has 0 aromatic carbocycles. The number of hydrogen-bond donors (Lipinski definition) is 1. The van der Waals surface area contributed by atoms with Crippen molar-refractivity contribution in [3.8, 4) is 0 Å². The first-order valence-electron chi connectivity index (χ1n) is 10.6. The summed E-state index contributed by atoms with van der Waals surface area (Å²) in [4.78, 5) is 0. The second kappa shape index (κ2) is 5.48. The minimum Gasteiger partial charge on any atom is -0.393 e. The standard InChI is InChI=1S/C22H38O/c1-14(2)17-10-11-18-16-9-8-15-7-5-6-12-21(15,3)20(16)19(23)13-22(17,18)4/h14-20,23H,5-13H2,1-4H3/t15?,16-,17+,18-,19-,20+,21-,22+/m0/s1. The summed E-state index contributed by atoms with van der Waals surface area (Å²) in [7, 11) is 0. The minimum atomic E-state index is -0.0356. The third kappa shape index (κ3) is 2.21. The minimum absolute atomic E-state index is 0.0356. The van der Waals surface area contributed by atoms with Crippen molar-refractivity contribution in [2.24, 2.45) is 46.3 Å². The van der Waals surface area contributed by atoms with Crippen molar-refractivity contribution in [2.75, 3.05) is 0 Å². The molecule has 4 rings (SSSR count). The summed E-state index contributed by atoms with van der Waals surface area (Å²) in [5, 5.41) is 11.3. The number of aliphatic hydroxyl groups is 1. The van der Waals surface area contributed by atoms with E-state index < -0.39 is 0 Å². The van der Waals surface area contributed by atoms with Gasteiger partial charge in [-0.1, -0.05) is 40.5 Å². The topological polar surface area (TPSA) is 20.2 Å². The van der Waals surface area contributed by atoms with Gasteiger partial charge in [0.15, 0.2) is 0 Å². The van der Waals surface area contributed by atoms with Gasteiger partial charge < -0.3 is 5.11 Å². The SMILES string of the molecule is CC(C)[C@H]1CC[C@H]2[C@@H]3CCC4CCCC[C@]4(C)[C@H]3[C@@H](O)C[C@]12C. The van der Waals surface area contributed by atoms with Crippen LogP contribution in [0, 0.1) is 46.3 Å². The fraction of sp³-hybridized carbons (Fsp3) is 1.00. The number of fused-ring (bicyclic) bond motifs is 5. The van der Waals surface area contributed by atoms with Gasteiger partial charge in [0.2, 0.25) is 0 Å². The summed E-state index contributed by atoms with van der Waals surface area (Å²) >= 11 is 0. The van der Waals surface area contributed by atoms with Gasteiger partial charge in [0.1, 0.15) is 0 Å². The maximum absolute atomic E-state index is 11.3. The molecule has 0 spiro atoms. The predicted octanol–water partition coefficient (Wildman–Crippen LogP) is 5.66. The zero-order valence-corrected chi connectivity index (χ0v) is 15.9. The largest absolute Gasteiger partial charge is 0.393 e. The Morgan fingerprint density at radius 2 is 1.70 bits per heavy atom. The maximum Gasteiger partial charge on any atom is 0.0581 e. The average Bonchev–Trinajstić information content (AvgIpc) is 2.82. The van der Waals surface area contributed by atoms with E-state index in [1.165, 1.54) is 51.4 Å². The van der Waals surface area contributed by atoms with Crippen molar-refractivity contribution >= 4 is 0 Å². The van der Waals surface area contributed by atoms with Crippen molar-refractivity contribution in [3.05, 3.63) is 0 Å². The van der Waals surface area contributed by atoms with Crippen LogP contribution in [-0.4, -0.2) is 11.2 Å². The molecular weight excluding hydrogens is 280 g/mol. The predicted molar refractivity (Wildman–Crippen MR) is 96.1 cm³/mol. The summed E-state index contributed by atoms with van der Waals surface area (Å²) in [6.07, 6.45) is 12.4. The van der Waals surface area contributed by atoms with Crippen LogP contribution in [-0.2, 0) is 0 Å². The van der Waals surface area contributed by atoms with Crippen LogP contribution in [0.1, 0.15) is 85.5 Å². The zero-order valence-electron chi connectivity index (χ0n) is 15.9. The van der Waals surface area contributed by atoms with E-state index in [1.807, 2.05) is 0 Å². The summed E-state index contributed by atoms with van der Waals surface area (Å²) in [6, 6.07) is 0. The molecule has 4 aliphatic rings. The number of hydrogen-bond acceptors (Lipinski definition) is 1. The van der Waals surface area contributed by atoms with Crippen LogP contribution in [0.5, 0.6) is 0 Å². The first-order chi connectivity index (χ1) is 10.9. The molecule has 4 fully saturated rings. The van der Waals surface area contributed by atoms with Gasteiger partial charge in [0, 0.05) is 0 Å². The van der Waals surface area contributed by atoms with E-state index in [1.54, 1.807) is 0 Å². The highest BCUT2D eigenvalue weighted by atomic mass is 16.3. The lowest BCUT2D eigenvalue weighted by Gasteiger charge is -2.62. The molecule has 1 nitrogen and oxygen atoms in total. The fourth-order valence-corrected chi connectivity index (χ4v) is 8.55. The number of rotatable bonds is 1. The molecule has 8 atom stereocenters. The second-order valence-corrected chi connectivity index (χ2v) is 10.5. The smallest absolute Gasteiger partial charge is 0.0581 e. The average molecular weight is 319 g/mol. The summed E-state index contributed by atoms with van der Waals surface area (Å²) in [5.41, 5.74) is 0.852. The molecule has 1 N–H and O–H groups in total. The van der Waals surface area contributed by atoms with Gasteiger partial charge in [-0.3, -0.25) is 0 Å². The van der Waals surface area contributed by atoms with Gasteiger partial charge >= 0.3 is 0 Å². The lowest BCUT2D eigenvalue weighted by molar-refractivity contribution is -0.171. The van der Waals surface area contributed by atoms with Crippen LogP contribution in [0.2, 0.25) is 0 Å². The van der Waals surface area contributed by atoms with E-state index in [-0.39, 0.29) is 6.10 Å². The van der Waals surface area contributed by atoms with Crippen molar-refractivity contribution < 1.29 is 5.11 Å². The van der Waals surface area contributed by atoms with Crippen LogP contribution in [0.15, 0.2) is 0 Å². The lowest BCUT2D eigenvalue weighted by atomic mass is 9.44. The molecule has 0 radical (unpaired) electrons. The van der Waals surface area contributed by atoms with Crippen LogP contribution in [0.25, 0.3) is 0 Å². The third-order valence-electron chi connectivity index (χ3n) is 9.39. The van der Waals surface area contributed by atoms with E-state index in [2.05, 4.69) is 27.7 Å². The molecule has 0 heterocycles. The lowest BCUT2D eigenvalue weighted by Crippen LogP contribution is -2.58. The highest BCUT2D eigenvalue weighted by Gasteiger charge is 2.62. The quantitative estimate of drug-likeness (QED) is 0.661. The van der Waals surface area contributed by atoms with Crippen LogP contribution >= 0.6 is 0 Å². The van der Waals surface area contributed by atoms with Crippen LogP contribution in [0.3, 0.4) is 0 Å². The molecule has 1 heteroatoms. The van der Waals surface area contributed by atoms with Gasteiger partial charge in [0.05, 0.1) is 6.10 Å². The molecule has 0 aromatic rings. The highest BCUT2D eigenvalue weighted by Crippen LogP contribution is 2.68. The summed E-state index contributed by atoms with van der Waals surface area (Å²) in [6.45, 7) is 9.94. The van der Waals surface area contributed by atoms with Gasteiger partial charge in [0.25, 0.3) is 0 Å². The first-order valence-corrected chi connectivity index (χ1v) is 10.6. The normalized spacial score (nSPS) is 56.1. The van der Waals surface area contributed by atoms with Crippen LogP contribution in [0.4, 0.5) is 0 Å². The molecule has 132 valence electrons.